The van der Waals surface area contributed by atoms with Gasteiger partial charge in [-0.1, -0.05) is 23.7 Å². The molecule has 3 rings (SSSR count). The summed E-state index contributed by atoms with van der Waals surface area (Å²) in [5.41, 5.74) is 2.60. The normalized spacial score (nSPS) is 10.4. The van der Waals surface area contributed by atoms with Gasteiger partial charge in [0.25, 0.3) is 0 Å². The van der Waals surface area contributed by atoms with Gasteiger partial charge in [0.05, 0.1) is 16.5 Å². The second-order valence-electron chi connectivity index (χ2n) is 4.61. The van der Waals surface area contributed by atoms with Crippen molar-refractivity contribution in [3.63, 3.8) is 0 Å². The maximum Gasteiger partial charge on any atom is 0.235 e. The number of nitrogens with zero attached hydrogens (tertiary/aromatic N) is 2. The third kappa shape index (κ3) is 3.47. The number of carbonyl (C=O) groups excluding carboxylic acids is 1. The number of rotatable bonds is 4. The van der Waals surface area contributed by atoms with Crippen molar-refractivity contribution in [2.24, 2.45) is 0 Å². The summed E-state index contributed by atoms with van der Waals surface area (Å²) in [7, 11) is 0. The molecule has 0 saturated carbocycles. The van der Waals surface area contributed by atoms with Gasteiger partial charge in [-0.25, -0.2) is 4.98 Å². The predicted octanol–water partition coefficient (Wildman–Crippen LogP) is 4.30. The van der Waals surface area contributed by atoms with Crippen molar-refractivity contribution in [3.05, 3.63) is 47.5 Å². The van der Waals surface area contributed by atoms with Crippen LogP contribution >= 0.6 is 23.4 Å². The molecule has 7 heteroatoms. The Bertz CT molecular complexity index is 884. The van der Waals surface area contributed by atoms with Crippen molar-refractivity contribution in [2.75, 3.05) is 11.1 Å². The topological polar surface area (TPSA) is 78.9 Å². The maximum absolute atomic E-state index is 11.7. The van der Waals surface area contributed by atoms with Crippen molar-refractivity contribution in [3.8, 4) is 16.9 Å². The Morgan fingerprint density at radius 1 is 1.35 bits per heavy atom. The van der Waals surface area contributed by atoms with Crippen LogP contribution in [0.4, 0.5) is 5.69 Å². The summed E-state index contributed by atoms with van der Waals surface area (Å²) >= 11 is 6.97. The molecule has 1 N–H and O–H groups in total. The van der Waals surface area contributed by atoms with Gasteiger partial charge >= 0.3 is 0 Å². The first-order valence-electron chi connectivity index (χ1n) is 6.63. The largest absolute Gasteiger partial charge is 0.436 e. The highest BCUT2D eigenvalue weighted by Gasteiger charge is 2.12. The van der Waals surface area contributed by atoms with E-state index in [4.69, 9.17) is 21.3 Å². The molecule has 3 aromatic rings. The van der Waals surface area contributed by atoms with E-state index in [-0.39, 0.29) is 11.7 Å². The number of anilines is 1. The van der Waals surface area contributed by atoms with Crippen LogP contribution in [0.25, 0.3) is 22.6 Å². The summed E-state index contributed by atoms with van der Waals surface area (Å²) in [6, 6.07) is 12.6. The first-order chi connectivity index (χ1) is 11.2. The molecule has 0 spiro atoms. The molecular formula is C16H10ClN3O2S. The SMILES string of the molecule is N#CSCC(=O)Nc1cc(-c2nc3ccccc3o2)ccc1Cl. The molecule has 0 unspecified atom stereocenters. The number of para-hydroxylation sites is 2. The molecule has 0 aliphatic heterocycles. The summed E-state index contributed by atoms with van der Waals surface area (Å²) in [6.45, 7) is 0. The fourth-order valence-corrected chi connectivity index (χ4v) is 2.47. The molecule has 0 aliphatic carbocycles. The number of carbonyl (C=O) groups is 1. The number of nitriles is 1. The Hall–Kier alpha value is -2.49. The molecule has 0 saturated heterocycles. The molecule has 114 valence electrons. The zero-order valence-electron chi connectivity index (χ0n) is 11.7. The lowest BCUT2D eigenvalue weighted by atomic mass is 10.2. The van der Waals surface area contributed by atoms with E-state index >= 15 is 0 Å². The molecular weight excluding hydrogens is 334 g/mol. The van der Waals surface area contributed by atoms with Gasteiger partial charge in [-0.2, -0.15) is 5.26 Å². The number of hydrogen-bond donors (Lipinski definition) is 1. The number of benzene rings is 2. The van der Waals surface area contributed by atoms with Crippen molar-refractivity contribution < 1.29 is 9.21 Å². The van der Waals surface area contributed by atoms with E-state index in [1.54, 1.807) is 18.2 Å². The van der Waals surface area contributed by atoms with Crippen LogP contribution in [-0.4, -0.2) is 16.6 Å². The number of thiocyanates is 1. The summed E-state index contributed by atoms with van der Waals surface area (Å²) in [5, 5.41) is 13.4. The summed E-state index contributed by atoms with van der Waals surface area (Å²) in [4.78, 5) is 16.1. The van der Waals surface area contributed by atoms with Crippen LogP contribution in [0.1, 0.15) is 0 Å². The average Bonchev–Trinajstić information content (AvgIpc) is 2.99. The van der Waals surface area contributed by atoms with Gasteiger partial charge in [-0.15, -0.1) is 0 Å². The van der Waals surface area contributed by atoms with E-state index in [0.717, 1.165) is 17.3 Å². The lowest BCUT2D eigenvalue weighted by Gasteiger charge is -2.07. The molecule has 2 aromatic carbocycles. The molecule has 1 aromatic heterocycles. The first-order valence-corrected chi connectivity index (χ1v) is 8.00. The van der Waals surface area contributed by atoms with Gasteiger partial charge in [0.1, 0.15) is 10.9 Å². The quantitative estimate of drug-likeness (QED) is 0.714. The molecule has 0 fully saturated rings. The third-order valence-corrected chi connectivity index (χ3v) is 3.91. The number of hydrogen-bond acceptors (Lipinski definition) is 5. The molecule has 0 aliphatic rings. The van der Waals surface area contributed by atoms with Crippen molar-refractivity contribution in [2.45, 2.75) is 0 Å². The highest BCUT2D eigenvalue weighted by Crippen LogP contribution is 2.30. The van der Waals surface area contributed by atoms with Crippen molar-refractivity contribution in [1.82, 2.24) is 4.98 Å². The highest BCUT2D eigenvalue weighted by molar-refractivity contribution is 8.04. The van der Waals surface area contributed by atoms with Gasteiger partial charge in [0.15, 0.2) is 5.58 Å². The number of aromatic nitrogens is 1. The van der Waals surface area contributed by atoms with Crippen LogP contribution in [0.3, 0.4) is 0 Å². The van der Waals surface area contributed by atoms with E-state index in [0.29, 0.717) is 27.7 Å². The highest BCUT2D eigenvalue weighted by atomic mass is 35.5. The Morgan fingerprint density at radius 2 is 2.17 bits per heavy atom. The molecule has 0 atom stereocenters. The zero-order valence-corrected chi connectivity index (χ0v) is 13.3. The lowest BCUT2D eigenvalue weighted by molar-refractivity contribution is -0.113. The van der Waals surface area contributed by atoms with Crippen molar-refractivity contribution in [1.29, 1.82) is 5.26 Å². The molecule has 1 heterocycles. The monoisotopic (exact) mass is 343 g/mol. The minimum atomic E-state index is -0.298. The molecule has 5 nitrogen and oxygen atoms in total. The van der Waals surface area contributed by atoms with Crippen LogP contribution in [0.2, 0.25) is 5.02 Å². The van der Waals surface area contributed by atoms with Gasteiger partial charge in [0.2, 0.25) is 11.8 Å². The van der Waals surface area contributed by atoms with E-state index in [2.05, 4.69) is 10.3 Å². The minimum Gasteiger partial charge on any atom is -0.436 e. The maximum atomic E-state index is 11.7. The van der Waals surface area contributed by atoms with Gasteiger partial charge in [-0.3, -0.25) is 4.79 Å². The Kier molecular flexibility index (Phi) is 4.51. The summed E-state index contributed by atoms with van der Waals surface area (Å²) in [6.07, 6.45) is 0. The standard InChI is InChI=1S/C16H10ClN3O2S/c17-11-6-5-10(7-13(11)19-15(21)8-23-9-18)16-20-12-3-1-2-4-14(12)22-16/h1-7H,8H2,(H,19,21). The first kappa shape index (κ1) is 15.4. The summed E-state index contributed by atoms with van der Waals surface area (Å²) in [5.74, 6) is 0.192. The molecule has 0 radical (unpaired) electrons. The summed E-state index contributed by atoms with van der Waals surface area (Å²) < 4.78 is 5.70. The van der Waals surface area contributed by atoms with Gasteiger partial charge in [-0.05, 0) is 42.1 Å². The Morgan fingerprint density at radius 3 is 2.96 bits per heavy atom. The average molecular weight is 344 g/mol. The van der Waals surface area contributed by atoms with E-state index in [1.807, 2.05) is 29.7 Å². The number of fused-ring (bicyclic) bond motifs is 1. The van der Waals surface area contributed by atoms with E-state index in [1.165, 1.54) is 0 Å². The number of thioether (sulfide) groups is 1. The molecule has 0 bridgehead atoms. The Labute approximate surface area is 141 Å². The molecule has 23 heavy (non-hydrogen) atoms. The van der Waals surface area contributed by atoms with E-state index < -0.39 is 0 Å². The second-order valence-corrected chi connectivity index (χ2v) is 5.78. The third-order valence-electron chi connectivity index (χ3n) is 3.05. The number of oxazole rings is 1. The molecule has 1 amide bonds. The van der Waals surface area contributed by atoms with Gasteiger partial charge in [0, 0.05) is 5.56 Å². The fraction of sp³-hybridized carbons (Fsp3) is 0.0625. The van der Waals surface area contributed by atoms with Gasteiger partial charge < -0.3 is 9.73 Å². The lowest BCUT2D eigenvalue weighted by Crippen LogP contribution is -2.14. The predicted molar refractivity (Wildman–Crippen MR) is 91.2 cm³/mol. The second kappa shape index (κ2) is 6.73. The van der Waals surface area contributed by atoms with Crippen LogP contribution in [-0.2, 0) is 4.79 Å². The van der Waals surface area contributed by atoms with Crippen LogP contribution < -0.4 is 5.32 Å². The number of halogens is 1. The Balaban J connectivity index is 1.90. The van der Waals surface area contributed by atoms with Crippen LogP contribution in [0.15, 0.2) is 46.9 Å². The minimum absolute atomic E-state index is 0.0416. The smallest absolute Gasteiger partial charge is 0.235 e. The fourth-order valence-electron chi connectivity index (χ4n) is 2.03. The van der Waals surface area contributed by atoms with Crippen LogP contribution in [0.5, 0.6) is 0 Å². The van der Waals surface area contributed by atoms with Crippen LogP contribution in [0, 0.1) is 10.7 Å². The zero-order chi connectivity index (χ0) is 16.2. The van der Waals surface area contributed by atoms with E-state index in [9.17, 15) is 4.79 Å². The number of nitrogens with one attached hydrogen (secondary N) is 1. The number of amides is 1. The van der Waals surface area contributed by atoms with Crippen molar-refractivity contribution >= 4 is 46.1 Å².